The van der Waals surface area contributed by atoms with Crippen molar-refractivity contribution in [3.63, 3.8) is 0 Å². The second-order valence-corrected chi connectivity index (χ2v) is 6.51. The number of amides is 2. The molecule has 0 atom stereocenters. The Balaban J connectivity index is 1.93. The van der Waals surface area contributed by atoms with Crippen molar-refractivity contribution in [3.8, 4) is 11.5 Å². The van der Waals surface area contributed by atoms with Crippen molar-refractivity contribution in [2.75, 3.05) is 25.6 Å². The number of nitrogens with one attached hydrogen (secondary N) is 2. The van der Waals surface area contributed by atoms with E-state index in [2.05, 4.69) is 10.6 Å². The van der Waals surface area contributed by atoms with E-state index in [4.69, 9.17) is 14.2 Å². The zero-order valence-electron chi connectivity index (χ0n) is 16.9. The summed E-state index contributed by atoms with van der Waals surface area (Å²) in [5.74, 6) is -1.52. The quantitative estimate of drug-likeness (QED) is 0.607. The van der Waals surface area contributed by atoms with Crippen LogP contribution in [-0.2, 0) is 14.3 Å². The maximum absolute atomic E-state index is 12.9. The molecule has 2 rings (SSSR count). The number of hydrogen-bond donors (Lipinski definition) is 2. The molecule has 0 aliphatic heterocycles. The minimum Gasteiger partial charge on any atom is -0.493 e. The summed E-state index contributed by atoms with van der Waals surface area (Å²) in [6.07, 6.45) is 0. The van der Waals surface area contributed by atoms with Crippen LogP contribution >= 0.6 is 0 Å². The molecule has 0 fully saturated rings. The normalized spacial score (nSPS) is 10.3. The Morgan fingerprint density at radius 2 is 1.67 bits per heavy atom. The van der Waals surface area contributed by atoms with Gasteiger partial charge in [-0.2, -0.15) is 0 Å². The highest BCUT2D eigenvalue weighted by Crippen LogP contribution is 2.28. The summed E-state index contributed by atoms with van der Waals surface area (Å²) < 4.78 is 28.5. The van der Waals surface area contributed by atoms with E-state index in [1.165, 1.54) is 49.6 Å². The molecule has 0 spiro atoms. The number of halogens is 1. The molecule has 0 unspecified atom stereocenters. The molecular weight excluding hydrogens is 395 g/mol. The average Bonchev–Trinajstić information content (AvgIpc) is 2.71. The standard InChI is InChI=1S/C21H23FN2O6/c1-13(2)23-19(25)12-30-21(27)14-4-9-17(18(10-14)28-3)29-11-20(26)24-16-7-5-15(22)6-8-16/h4-10,13H,11-12H2,1-3H3,(H,23,25)(H,24,26). The molecule has 2 amide bonds. The van der Waals surface area contributed by atoms with Gasteiger partial charge in [-0.1, -0.05) is 0 Å². The van der Waals surface area contributed by atoms with Crippen molar-refractivity contribution in [3.05, 3.63) is 53.8 Å². The van der Waals surface area contributed by atoms with Gasteiger partial charge >= 0.3 is 5.97 Å². The lowest BCUT2D eigenvalue weighted by molar-refractivity contribution is -0.124. The van der Waals surface area contributed by atoms with E-state index in [0.29, 0.717) is 5.69 Å². The number of rotatable bonds is 9. The summed E-state index contributed by atoms with van der Waals surface area (Å²) in [4.78, 5) is 35.7. The molecule has 0 radical (unpaired) electrons. The van der Waals surface area contributed by atoms with Crippen LogP contribution in [0.3, 0.4) is 0 Å². The Morgan fingerprint density at radius 3 is 2.30 bits per heavy atom. The Hall–Kier alpha value is -3.62. The molecular formula is C21H23FN2O6. The van der Waals surface area contributed by atoms with Gasteiger partial charge in [-0.25, -0.2) is 9.18 Å². The van der Waals surface area contributed by atoms with E-state index in [-0.39, 0.29) is 29.7 Å². The lowest BCUT2D eigenvalue weighted by atomic mass is 10.2. The molecule has 2 aromatic rings. The summed E-state index contributed by atoms with van der Waals surface area (Å²) in [6.45, 7) is 2.86. The summed E-state index contributed by atoms with van der Waals surface area (Å²) in [5.41, 5.74) is 0.587. The van der Waals surface area contributed by atoms with Crippen LogP contribution in [0, 0.1) is 5.82 Å². The van der Waals surface area contributed by atoms with Crippen LogP contribution in [0.25, 0.3) is 0 Å². The Morgan fingerprint density at radius 1 is 0.967 bits per heavy atom. The maximum atomic E-state index is 12.9. The van der Waals surface area contributed by atoms with Gasteiger partial charge in [0.1, 0.15) is 5.82 Å². The lowest BCUT2D eigenvalue weighted by Gasteiger charge is -2.12. The molecule has 2 aromatic carbocycles. The van der Waals surface area contributed by atoms with Crippen LogP contribution in [0.2, 0.25) is 0 Å². The fourth-order valence-corrected chi connectivity index (χ4v) is 2.37. The van der Waals surface area contributed by atoms with Crippen LogP contribution in [0.5, 0.6) is 11.5 Å². The third kappa shape index (κ3) is 7.08. The minimum atomic E-state index is -0.701. The predicted molar refractivity (Wildman–Crippen MR) is 107 cm³/mol. The highest BCUT2D eigenvalue weighted by atomic mass is 19.1. The van der Waals surface area contributed by atoms with Gasteiger partial charge in [0.2, 0.25) is 0 Å². The number of anilines is 1. The summed E-state index contributed by atoms with van der Waals surface area (Å²) in [6, 6.07) is 9.51. The monoisotopic (exact) mass is 418 g/mol. The van der Waals surface area contributed by atoms with Crippen LogP contribution < -0.4 is 20.1 Å². The van der Waals surface area contributed by atoms with E-state index in [1.54, 1.807) is 13.8 Å². The maximum Gasteiger partial charge on any atom is 0.338 e. The van der Waals surface area contributed by atoms with Gasteiger partial charge in [-0.15, -0.1) is 0 Å². The minimum absolute atomic E-state index is 0.0621. The number of carbonyl (C=O) groups is 3. The van der Waals surface area contributed by atoms with Crippen molar-refractivity contribution < 1.29 is 33.0 Å². The molecule has 0 heterocycles. The Labute approximate surface area is 173 Å². The van der Waals surface area contributed by atoms with Crippen molar-refractivity contribution in [1.82, 2.24) is 5.32 Å². The van der Waals surface area contributed by atoms with Gasteiger partial charge in [0.25, 0.3) is 11.8 Å². The Kier molecular flexibility index (Phi) is 8.16. The van der Waals surface area contributed by atoms with E-state index < -0.39 is 30.2 Å². The first-order valence-corrected chi connectivity index (χ1v) is 9.11. The van der Waals surface area contributed by atoms with Gasteiger partial charge < -0.3 is 24.8 Å². The van der Waals surface area contributed by atoms with Gasteiger partial charge in [0.15, 0.2) is 24.7 Å². The predicted octanol–water partition coefficient (Wildman–Crippen LogP) is 2.53. The average molecular weight is 418 g/mol. The number of hydrogen-bond acceptors (Lipinski definition) is 6. The van der Waals surface area contributed by atoms with Crippen molar-refractivity contribution >= 4 is 23.5 Å². The molecule has 9 heteroatoms. The smallest absolute Gasteiger partial charge is 0.338 e. The highest BCUT2D eigenvalue weighted by molar-refractivity contribution is 5.93. The van der Waals surface area contributed by atoms with E-state index in [0.717, 1.165) is 0 Å². The number of carbonyl (C=O) groups excluding carboxylic acids is 3. The summed E-state index contributed by atoms with van der Waals surface area (Å²) in [7, 11) is 1.38. The zero-order valence-corrected chi connectivity index (χ0v) is 16.9. The van der Waals surface area contributed by atoms with Crippen LogP contribution in [0.4, 0.5) is 10.1 Å². The molecule has 0 aliphatic rings. The first kappa shape index (κ1) is 22.7. The van der Waals surface area contributed by atoms with Gasteiger partial charge in [-0.05, 0) is 56.3 Å². The van der Waals surface area contributed by atoms with Crippen molar-refractivity contribution in [2.24, 2.45) is 0 Å². The molecule has 0 aliphatic carbocycles. The third-order valence-corrected chi connectivity index (χ3v) is 3.67. The van der Waals surface area contributed by atoms with Crippen LogP contribution in [0.15, 0.2) is 42.5 Å². The van der Waals surface area contributed by atoms with Crippen molar-refractivity contribution in [2.45, 2.75) is 19.9 Å². The van der Waals surface area contributed by atoms with Crippen LogP contribution in [-0.4, -0.2) is 44.1 Å². The zero-order chi connectivity index (χ0) is 22.1. The fourth-order valence-electron chi connectivity index (χ4n) is 2.37. The molecule has 0 saturated carbocycles. The number of esters is 1. The summed E-state index contributed by atoms with van der Waals surface area (Å²) in [5, 5.41) is 5.18. The second-order valence-electron chi connectivity index (χ2n) is 6.51. The molecule has 0 saturated heterocycles. The van der Waals surface area contributed by atoms with Crippen LogP contribution in [0.1, 0.15) is 24.2 Å². The second kappa shape index (κ2) is 10.8. The molecule has 160 valence electrons. The van der Waals surface area contributed by atoms with Crippen molar-refractivity contribution in [1.29, 1.82) is 0 Å². The molecule has 0 aromatic heterocycles. The van der Waals surface area contributed by atoms with Gasteiger partial charge in [0, 0.05) is 11.7 Å². The lowest BCUT2D eigenvalue weighted by Crippen LogP contribution is -2.33. The van der Waals surface area contributed by atoms with E-state index in [1.807, 2.05) is 0 Å². The van der Waals surface area contributed by atoms with E-state index >= 15 is 0 Å². The Bertz CT molecular complexity index is 899. The topological polar surface area (TPSA) is 103 Å². The molecule has 0 bridgehead atoms. The first-order chi connectivity index (χ1) is 14.3. The summed E-state index contributed by atoms with van der Waals surface area (Å²) >= 11 is 0. The third-order valence-electron chi connectivity index (χ3n) is 3.67. The highest BCUT2D eigenvalue weighted by Gasteiger charge is 2.15. The molecule has 2 N–H and O–H groups in total. The number of benzene rings is 2. The number of ether oxygens (including phenoxy) is 3. The molecule has 30 heavy (non-hydrogen) atoms. The fraction of sp³-hybridized carbons (Fsp3) is 0.286. The molecule has 8 nitrogen and oxygen atoms in total. The van der Waals surface area contributed by atoms with E-state index in [9.17, 15) is 18.8 Å². The largest absolute Gasteiger partial charge is 0.493 e. The van der Waals surface area contributed by atoms with Gasteiger partial charge in [-0.3, -0.25) is 9.59 Å². The SMILES string of the molecule is COc1cc(C(=O)OCC(=O)NC(C)C)ccc1OCC(=O)Nc1ccc(F)cc1. The first-order valence-electron chi connectivity index (χ1n) is 9.11. The number of methoxy groups -OCH3 is 1. The van der Waals surface area contributed by atoms with Gasteiger partial charge in [0.05, 0.1) is 12.7 Å².